The Morgan fingerprint density at radius 3 is 2.67 bits per heavy atom. The second kappa shape index (κ2) is 8.25. The molecule has 3 heteroatoms. The summed E-state index contributed by atoms with van der Waals surface area (Å²) in [5, 5.41) is 3.52. The maximum absolute atomic E-state index is 5.63. The van der Waals surface area contributed by atoms with Gasteiger partial charge in [0.05, 0.1) is 13.2 Å². The SMILES string of the molecule is c1ccc(CCOCCNC2CCOCC2)cc1. The van der Waals surface area contributed by atoms with E-state index in [0.29, 0.717) is 6.04 Å². The van der Waals surface area contributed by atoms with E-state index in [-0.39, 0.29) is 0 Å². The quantitative estimate of drug-likeness (QED) is 0.750. The maximum atomic E-state index is 5.63. The number of benzene rings is 1. The average molecular weight is 249 g/mol. The molecule has 1 fully saturated rings. The Bertz CT molecular complexity index is 310. The minimum Gasteiger partial charge on any atom is -0.381 e. The number of rotatable bonds is 7. The highest BCUT2D eigenvalue weighted by Gasteiger charge is 2.11. The van der Waals surface area contributed by atoms with Crippen molar-refractivity contribution >= 4 is 0 Å². The van der Waals surface area contributed by atoms with Gasteiger partial charge in [-0.2, -0.15) is 0 Å². The van der Waals surface area contributed by atoms with Crippen LogP contribution in [0.3, 0.4) is 0 Å². The first kappa shape index (κ1) is 13.5. The van der Waals surface area contributed by atoms with Gasteiger partial charge in [0.2, 0.25) is 0 Å². The third kappa shape index (κ3) is 5.17. The van der Waals surface area contributed by atoms with Crippen LogP contribution in [-0.4, -0.2) is 39.0 Å². The largest absolute Gasteiger partial charge is 0.381 e. The third-order valence-corrected chi connectivity index (χ3v) is 3.28. The van der Waals surface area contributed by atoms with Crippen LogP contribution in [0.1, 0.15) is 18.4 Å². The highest BCUT2D eigenvalue weighted by atomic mass is 16.5. The fraction of sp³-hybridized carbons (Fsp3) is 0.600. The molecule has 1 heterocycles. The van der Waals surface area contributed by atoms with Crippen LogP contribution in [0.25, 0.3) is 0 Å². The molecule has 0 bridgehead atoms. The molecule has 0 radical (unpaired) electrons. The molecule has 0 unspecified atom stereocenters. The summed E-state index contributed by atoms with van der Waals surface area (Å²) in [5.74, 6) is 0. The highest BCUT2D eigenvalue weighted by molar-refractivity contribution is 5.14. The van der Waals surface area contributed by atoms with Crippen molar-refractivity contribution in [1.82, 2.24) is 5.32 Å². The first-order chi connectivity index (χ1) is 8.95. The lowest BCUT2D eigenvalue weighted by molar-refractivity contribution is 0.0732. The van der Waals surface area contributed by atoms with E-state index in [2.05, 4.69) is 29.6 Å². The summed E-state index contributed by atoms with van der Waals surface area (Å²) in [5.41, 5.74) is 1.34. The molecule has 0 aromatic heterocycles. The first-order valence-corrected chi connectivity index (χ1v) is 6.88. The Hall–Kier alpha value is -0.900. The van der Waals surface area contributed by atoms with Crippen LogP contribution in [0.2, 0.25) is 0 Å². The van der Waals surface area contributed by atoms with Crippen molar-refractivity contribution in [2.45, 2.75) is 25.3 Å². The monoisotopic (exact) mass is 249 g/mol. The van der Waals surface area contributed by atoms with E-state index in [4.69, 9.17) is 9.47 Å². The molecule has 1 saturated heterocycles. The van der Waals surface area contributed by atoms with Gasteiger partial charge in [0.15, 0.2) is 0 Å². The van der Waals surface area contributed by atoms with E-state index in [9.17, 15) is 0 Å². The third-order valence-electron chi connectivity index (χ3n) is 3.28. The zero-order chi connectivity index (χ0) is 12.5. The van der Waals surface area contributed by atoms with E-state index >= 15 is 0 Å². The molecule has 18 heavy (non-hydrogen) atoms. The molecule has 3 nitrogen and oxygen atoms in total. The first-order valence-electron chi connectivity index (χ1n) is 6.88. The number of ether oxygens (including phenoxy) is 2. The normalized spacial score (nSPS) is 16.9. The Morgan fingerprint density at radius 1 is 1.11 bits per heavy atom. The number of hydrogen-bond acceptors (Lipinski definition) is 3. The summed E-state index contributed by atoms with van der Waals surface area (Å²) >= 11 is 0. The summed E-state index contributed by atoms with van der Waals surface area (Å²) in [4.78, 5) is 0. The van der Waals surface area contributed by atoms with E-state index in [1.54, 1.807) is 0 Å². The standard InChI is InChI=1S/C15H23NO2/c1-2-4-14(5-3-1)6-10-18-13-9-16-15-7-11-17-12-8-15/h1-5,15-16H,6-13H2. The summed E-state index contributed by atoms with van der Waals surface area (Å²) in [6.45, 7) is 4.34. The van der Waals surface area contributed by atoms with E-state index in [0.717, 1.165) is 52.2 Å². The van der Waals surface area contributed by atoms with Crippen molar-refractivity contribution in [1.29, 1.82) is 0 Å². The molecular weight excluding hydrogens is 226 g/mol. The molecular formula is C15H23NO2. The Balaban J connectivity index is 1.46. The lowest BCUT2D eigenvalue weighted by Crippen LogP contribution is -2.36. The van der Waals surface area contributed by atoms with Crippen LogP contribution in [0.15, 0.2) is 30.3 Å². The molecule has 0 aliphatic carbocycles. The zero-order valence-corrected chi connectivity index (χ0v) is 10.9. The van der Waals surface area contributed by atoms with Crippen LogP contribution in [-0.2, 0) is 15.9 Å². The molecule has 1 N–H and O–H groups in total. The minimum absolute atomic E-state index is 0.622. The Kier molecular flexibility index (Phi) is 6.20. The van der Waals surface area contributed by atoms with Gasteiger partial charge in [-0.15, -0.1) is 0 Å². The summed E-state index contributed by atoms with van der Waals surface area (Å²) in [6, 6.07) is 11.1. The number of hydrogen-bond donors (Lipinski definition) is 1. The molecule has 2 rings (SSSR count). The van der Waals surface area contributed by atoms with Crippen molar-refractivity contribution in [2.75, 3.05) is 33.0 Å². The van der Waals surface area contributed by atoms with Crippen LogP contribution in [0, 0.1) is 0 Å². The van der Waals surface area contributed by atoms with Gasteiger partial charge in [-0.05, 0) is 24.8 Å². The van der Waals surface area contributed by atoms with Crippen molar-refractivity contribution in [3.8, 4) is 0 Å². The summed E-state index contributed by atoms with van der Waals surface area (Å²) in [6.07, 6.45) is 3.26. The van der Waals surface area contributed by atoms with E-state index < -0.39 is 0 Å². The molecule has 1 aromatic carbocycles. The highest BCUT2D eigenvalue weighted by Crippen LogP contribution is 2.05. The van der Waals surface area contributed by atoms with E-state index in [1.807, 2.05) is 6.07 Å². The Morgan fingerprint density at radius 2 is 1.89 bits per heavy atom. The van der Waals surface area contributed by atoms with Crippen molar-refractivity contribution in [3.63, 3.8) is 0 Å². The van der Waals surface area contributed by atoms with Crippen LogP contribution < -0.4 is 5.32 Å². The predicted octanol–water partition coefficient (Wildman–Crippen LogP) is 2.01. The number of nitrogens with one attached hydrogen (secondary N) is 1. The van der Waals surface area contributed by atoms with Gasteiger partial charge >= 0.3 is 0 Å². The van der Waals surface area contributed by atoms with Gasteiger partial charge in [-0.25, -0.2) is 0 Å². The topological polar surface area (TPSA) is 30.5 Å². The lowest BCUT2D eigenvalue weighted by Gasteiger charge is -2.23. The van der Waals surface area contributed by atoms with Gasteiger partial charge in [-0.3, -0.25) is 0 Å². The predicted molar refractivity (Wildman–Crippen MR) is 72.8 cm³/mol. The molecule has 0 amide bonds. The van der Waals surface area contributed by atoms with Crippen LogP contribution >= 0.6 is 0 Å². The fourth-order valence-corrected chi connectivity index (χ4v) is 2.17. The van der Waals surface area contributed by atoms with Gasteiger partial charge in [0.1, 0.15) is 0 Å². The van der Waals surface area contributed by atoms with Crippen molar-refractivity contribution in [3.05, 3.63) is 35.9 Å². The second-order valence-corrected chi connectivity index (χ2v) is 4.69. The van der Waals surface area contributed by atoms with E-state index in [1.165, 1.54) is 5.56 Å². The van der Waals surface area contributed by atoms with Crippen LogP contribution in [0.5, 0.6) is 0 Å². The van der Waals surface area contributed by atoms with Gasteiger partial charge in [-0.1, -0.05) is 30.3 Å². The molecule has 1 aromatic rings. The molecule has 1 aliphatic heterocycles. The van der Waals surface area contributed by atoms with Crippen LogP contribution in [0.4, 0.5) is 0 Å². The maximum Gasteiger partial charge on any atom is 0.0591 e. The van der Waals surface area contributed by atoms with Gasteiger partial charge in [0, 0.05) is 25.8 Å². The molecule has 100 valence electrons. The van der Waals surface area contributed by atoms with Crippen molar-refractivity contribution in [2.24, 2.45) is 0 Å². The van der Waals surface area contributed by atoms with Gasteiger partial charge in [0.25, 0.3) is 0 Å². The Labute approximate surface area is 109 Å². The van der Waals surface area contributed by atoms with Gasteiger partial charge < -0.3 is 14.8 Å². The lowest BCUT2D eigenvalue weighted by atomic mass is 10.1. The molecule has 0 saturated carbocycles. The second-order valence-electron chi connectivity index (χ2n) is 4.69. The molecule has 0 atom stereocenters. The molecule has 1 aliphatic rings. The molecule has 0 spiro atoms. The average Bonchev–Trinajstić information content (AvgIpc) is 2.45. The summed E-state index contributed by atoms with van der Waals surface area (Å²) in [7, 11) is 0. The smallest absolute Gasteiger partial charge is 0.0591 e. The summed E-state index contributed by atoms with van der Waals surface area (Å²) < 4.78 is 11.0. The van der Waals surface area contributed by atoms with Crippen molar-refractivity contribution < 1.29 is 9.47 Å². The minimum atomic E-state index is 0.622. The fourth-order valence-electron chi connectivity index (χ4n) is 2.17. The zero-order valence-electron chi connectivity index (χ0n) is 10.9.